The second-order valence-corrected chi connectivity index (χ2v) is 11.8. The van der Waals surface area contributed by atoms with Gasteiger partial charge in [0.1, 0.15) is 17.7 Å². The van der Waals surface area contributed by atoms with E-state index in [1.54, 1.807) is 37.4 Å². The summed E-state index contributed by atoms with van der Waals surface area (Å²) in [6, 6.07) is 13.5. The van der Waals surface area contributed by atoms with E-state index in [4.69, 9.17) is 4.74 Å². The van der Waals surface area contributed by atoms with Gasteiger partial charge in [0, 0.05) is 12.6 Å². The summed E-state index contributed by atoms with van der Waals surface area (Å²) in [6.45, 7) is 13.4. The lowest BCUT2D eigenvalue weighted by molar-refractivity contribution is -0.144. The summed E-state index contributed by atoms with van der Waals surface area (Å²) in [5, 5.41) is 5.80. The first-order valence-electron chi connectivity index (χ1n) is 13.0. The molecule has 0 aliphatic carbocycles. The molecule has 2 atom stereocenters. The van der Waals surface area contributed by atoms with Crippen LogP contribution in [-0.4, -0.2) is 52.5 Å². The van der Waals surface area contributed by atoms with Crippen LogP contribution in [-0.2, 0) is 20.9 Å². The summed E-state index contributed by atoms with van der Waals surface area (Å²) >= 11 is 1.59. The minimum absolute atomic E-state index is 0.278. The topological polar surface area (TPSA) is 87.7 Å². The summed E-state index contributed by atoms with van der Waals surface area (Å²) in [5.74, 6) is 0.0603. The summed E-state index contributed by atoms with van der Waals surface area (Å²) in [5.41, 5.74) is 3.12. The Morgan fingerprint density at radius 2 is 1.66 bits per heavy atom. The second-order valence-electron chi connectivity index (χ2n) is 10.8. The Hall–Kier alpha value is -3.00. The predicted molar refractivity (Wildman–Crippen MR) is 155 cm³/mol. The molecule has 0 saturated heterocycles. The number of hydrogen-bond donors (Lipinski definition) is 2. The van der Waals surface area contributed by atoms with Crippen molar-refractivity contribution in [2.75, 3.05) is 12.0 Å². The number of carbonyl (C=O) groups is 3. The van der Waals surface area contributed by atoms with Crippen molar-refractivity contribution in [1.82, 2.24) is 15.5 Å². The molecule has 0 fully saturated rings. The van der Waals surface area contributed by atoms with Crippen LogP contribution in [0.15, 0.2) is 48.5 Å². The van der Waals surface area contributed by atoms with E-state index in [1.165, 1.54) is 0 Å². The standard InChI is InChI=1S/C30H43N3O4S/c1-20(2)33(28(35)25(16-17-38-8)32-29(36)37-30(5,6)7)26(24-15-14-21(3)22(4)18-24)27(34)31-19-23-12-10-9-11-13-23/h9-15,18,20,25-26H,16-17,19H2,1-8H3,(H,31,34)(H,32,36). The molecular weight excluding hydrogens is 498 g/mol. The van der Waals surface area contributed by atoms with Crippen LogP contribution < -0.4 is 10.6 Å². The first-order chi connectivity index (χ1) is 17.8. The average molecular weight is 542 g/mol. The van der Waals surface area contributed by atoms with E-state index in [2.05, 4.69) is 10.6 Å². The van der Waals surface area contributed by atoms with Crippen LogP contribution in [0.1, 0.15) is 69.3 Å². The first-order valence-corrected chi connectivity index (χ1v) is 14.4. The van der Waals surface area contributed by atoms with Crippen molar-refractivity contribution in [3.63, 3.8) is 0 Å². The molecule has 0 aromatic heterocycles. The molecule has 0 aliphatic heterocycles. The number of alkyl carbamates (subject to hydrolysis) is 1. The van der Waals surface area contributed by atoms with E-state index < -0.39 is 23.8 Å². The number of carbonyl (C=O) groups excluding carboxylic acids is 3. The van der Waals surface area contributed by atoms with Gasteiger partial charge in [0.25, 0.3) is 0 Å². The van der Waals surface area contributed by atoms with E-state index in [-0.39, 0.29) is 17.9 Å². The summed E-state index contributed by atoms with van der Waals surface area (Å²) in [6.07, 6.45) is 1.70. The quantitative estimate of drug-likeness (QED) is 0.390. The highest BCUT2D eigenvalue weighted by molar-refractivity contribution is 7.98. The minimum Gasteiger partial charge on any atom is -0.444 e. The Morgan fingerprint density at radius 3 is 2.21 bits per heavy atom. The highest BCUT2D eigenvalue weighted by Crippen LogP contribution is 2.27. The Bertz CT molecular complexity index is 1080. The number of amides is 3. The molecule has 2 N–H and O–H groups in total. The first kappa shape index (κ1) is 31.2. The number of ether oxygens (including phenoxy) is 1. The van der Waals surface area contributed by atoms with Crippen LogP contribution in [0.2, 0.25) is 0 Å². The van der Waals surface area contributed by atoms with E-state index in [0.29, 0.717) is 18.7 Å². The molecule has 2 aromatic rings. The molecule has 0 aliphatic rings. The molecule has 0 heterocycles. The fraction of sp³-hybridized carbons (Fsp3) is 0.500. The summed E-state index contributed by atoms with van der Waals surface area (Å²) < 4.78 is 5.44. The third kappa shape index (κ3) is 9.39. The lowest BCUT2D eigenvalue weighted by atomic mass is 9.97. The maximum absolute atomic E-state index is 14.1. The molecule has 0 bridgehead atoms. The van der Waals surface area contributed by atoms with E-state index >= 15 is 0 Å². The van der Waals surface area contributed by atoms with Crippen molar-refractivity contribution in [2.24, 2.45) is 0 Å². The molecule has 0 saturated carbocycles. The van der Waals surface area contributed by atoms with Crippen molar-refractivity contribution < 1.29 is 19.1 Å². The van der Waals surface area contributed by atoms with Gasteiger partial charge >= 0.3 is 6.09 Å². The third-order valence-electron chi connectivity index (χ3n) is 6.09. The van der Waals surface area contributed by atoms with Crippen LogP contribution in [0.4, 0.5) is 4.79 Å². The molecule has 0 spiro atoms. The summed E-state index contributed by atoms with van der Waals surface area (Å²) in [7, 11) is 0. The number of nitrogens with zero attached hydrogens (tertiary/aromatic N) is 1. The normalized spacial score (nSPS) is 13.0. The number of benzene rings is 2. The maximum atomic E-state index is 14.1. The monoisotopic (exact) mass is 541 g/mol. The molecule has 2 rings (SSSR count). The molecular formula is C30H43N3O4S. The van der Waals surface area contributed by atoms with E-state index in [0.717, 1.165) is 22.3 Å². The van der Waals surface area contributed by atoms with Crippen molar-refractivity contribution in [3.05, 3.63) is 70.8 Å². The van der Waals surface area contributed by atoms with Gasteiger partial charge in [-0.05, 0) is 89.1 Å². The van der Waals surface area contributed by atoms with Crippen LogP contribution in [0.3, 0.4) is 0 Å². The van der Waals surface area contributed by atoms with Crippen LogP contribution >= 0.6 is 11.8 Å². The van der Waals surface area contributed by atoms with Gasteiger partial charge < -0.3 is 20.3 Å². The second kappa shape index (κ2) is 14.2. The Kier molecular flexibility index (Phi) is 11.7. The van der Waals surface area contributed by atoms with E-state index in [9.17, 15) is 14.4 Å². The smallest absolute Gasteiger partial charge is 0.408 e. The number of nitrogens with one attached hydrogen (secondary N) is 2. The van der Waals surface area contributed by atoms with Crippen molar-refractivity contribution in [3.8, 4) is 0 Å². The van der Waals surface area contributed by atoms with Gasteiger partial charge in [0.2, 0.25) is 11.8 Å². The lowest BCUT2D eigenvalue weighted by Crippen LogP contribution is -2.55. The Labute approximate surface area is 232 Å². The van der Waals surface area contributed by atoms with Gasteiger partial charge in [-0.25, -0.2) is 4.79 Å². The molecule has 8 heteroatoms. The number of thioether (sulfide) groups is 1. The largest absolute Gasteiger partial charge is 0.444 e. The van der Waals surface area contributed by atoms with Gasteiger partial charge in [-0.3, -0.25) is 9.59 Å². The van der Waals surface area contributed by atoms with Crippen LogP contribution in [0.5, 0.6) is 0 Å². The zero-order valence-corrected chi connectivity index (χ0v) is 24.8. The molecule has 3 amide bonds. The van der Waals surface area contributed by atoms with Gasteiger partial charge in [-0.15, -0.1) is 0 Å². The van der Waals surface area contributed by atoms with Gasteiger partial charge in [-0.1, -0.05) is 48.5 Å². The zero-order chi connectivity index (χ0) is 28.5. The highest BCUT2D eigenvalue weighted by Gasteiger charge is 2.37. The molecule has 208 valence electrons. The molecule has 2 unspecified atom stereocenters. The number of hydrogen-bond acceptors (Lipinski definition) is 5. The fourth-order valence-corrected chi connectivity index (χ4v) is 4.53. The maximum Gasteiger partial charge on any atom is 0.408 e. The fourth-order valence-electron chi connectivity index (χ4n) is 4.06. The van der Waals surface area contributed by atoms with Crippen molar-refractivity contribution in [2.45, 2.75) is 85.2 Å². The van der Waals surface area contributed by atoms with E-state index in [1.807, 2.05) is 82.5 Å². The molecule has 38 heavy (non-hydrogen) atoms. The van der Waals surface area contributed by atoms with Gasteiger partial charge in [0.05, 0.1) is 0 Å². The summed E-state index contributed by atoms with van der Waals surface area (Å²) in [4.78, 5) is 42.1. The predicted octanol–water partition coefficient (Wildman–Crippen LogP) is 5.54. The minimum atomic E-state index is -0.872. The van der Waals surface area contributed by atoms with Gasteiger partial charge in [0.15, 0.2) is 0 Å². The zero-order valence-electron chi connectivity index (χ0n) is 24.0. The molecule has 0 radical (unpaired) electrons. The molecule has 7 nitrogen and oxygen atoms in total. The third-order valence-corrected chi connectivity index (χ3v) is 6.74. The lowest BCUT2D eigenvalue weighted by Gasteiger charge is -2.37. The average Bonchev–Trinajstić information content (AvgIpc) is 2.84. The highest BCUT2D eigenvalue weighted by atomic mass is 32.2. The van der Waals surface area contributed by atoms with Crippen LogP contribution in [0, 0.1) is 13.8 Å². The Morgan fingerprint density at radius 1 is 1.00 bits per heavy atom. The van der Waals surface area contributed by atoms with Crippen molar-refractivity contribution in [1.29, 1.82) is 0 Å². The van der Waals surface area contributed by atoms with Crippen molar-refractivity contribution >= 4 is 29.7 Å². The van der Waals surface area contributed by atoms with Gasteiger partial charge in [-0.2, -0.15) is 11.8 Å². The van der Waals surface area contributed by atoms with Crippen LogP contribution in [0.25, 0.3) is 0 Å². The Balaban J connectivity index is 2.46. The number of rotatable bonds is 11. The number of aryl methyl sites for hydroxylation is 2. The molecule has 2 aromatic carbocycles. The SMILES string of the molecule is CSCCC(NC(=O)OC(C)(C)C)C(=O)N(C(C)C)C(C(=O)NCc1ccccc1)c1ccc(C)c(C)c1.